The first-order valence-corrected chi connectivity index (χ1v) is 7.60. The molecule has 2 fully saturated rings. The highest BCUT2D eigenvalue weighted by Gasteiger charge is 2.58. The van der Waals surface area contributed by atoms with Gasteiger partial charge in [-0.05, 0) is 32.9 Å². The third-order valence-corrected chi connectivity index (χ3v) is 3.96. The Morgan fingerprint density at radius 2 is 2.26 bits per heavy atom. The number of nitrogens with zero attached hydrogens (tertiary/aromatic N) is 2. The fourth-order valence-corrected chi connectivity index (χ4v) is 2.73. The Hall–Kier alpha value is -2.12. The Balaban J connectivity index is 0.000000193. The van der Waals surface area contributed by atoms with Crippen molar-refractivity contribution in [2.45, 2.75) is 32.1 Å². The molecule has 0 aliphatic carbocycles. The van der Waals surface area contributed by atoms with Crippen molar-refractivity contribution in [2.75, 3.05) is 25.4 Å². The molecule has 0 saturated carbocycles. The Morgan fingerprint density at radius 1 is 1.48 bits per heavy atom. The fourth-order valence-electron chi connectivity index (χ4n) is 2.73. The molecule has 2 atom stereocenters. The molecular weight excluding hydrogens is 296 g/mol. The second-order valence-electron chi connectivity index (χ2n) is 6.75. The molecule has 0 spiro atoms. The van der Waals surface area contributed by atoms with Crippen molar-refractivity contribution in [1.29, 1.82) is 0 Å². The second kappa shape index (κ2) is 5.50. The van der Waals surface area contributed by atoms with E-state index in [1.54, 1.807) is 0 Å². The van der Waals surface area contributed by atoms with Gasteiger partial charge in [-0.3, -0.25) is 14.8 Å². The molecule has 124 valence electrons. The minimum atomic E-state index is -0.318. The highest BCUT2D eigenvalue weighted by Crippen LogP contribution is 2.47. The van der Waals surface area contributed by atoms with Crippen LogP contribution in [0.2, 0.25) is 0 Å². The number of aromatic nitrogens is 2. The van der Waals surface area contributed by atoms with Gasteiger partial charge in [-0.1, -0.05) is 6.07 Å². The molecule has 7 nitrogen and oxygen atoms in total. The van der Waals surface area contributed by atoms with Crippen LogP contribution >= 0.6 is 0 Å². The van der Waals surface area contributed by atoms with E-state index < -0.39 is 0 Å². The Morgan fingerprint density at radius 3 is 2.78 bits per heavy atom. The quantitative estimate of drug-likeness (QED) is 0.645. The maximum atomic E-state index is 9.60. The molecular formula is C16H22N4O3. The molecule has 2 aliphatic heterocycles. The maximum Gasteiger partial charge on any atom is 0.293 e. The molecule has 23 heavy (non-hydrogen) atoms. The van der Waals surface area contributed by atoms with E-state index in [4.69, 9.17) is 10.5 Å². The average molecular weight is 318 g/mol. The van der Waals surface area contributed by atoms with Crippen molar-refractivity contribution in [2.24, 2.45) is 0 Å². The summed E-state index contributed by atoms with van der Waals surface area (Å²) in [7, 11) is 0. The SMILES string of the molecule is CC(C)(C)OC=O.Nc1n[nH]c2cc(C34CN3CCO4)ccc12. The van der Waals surface area contributed by atoms with Crippen molar-refractivity contribution in [3.63, 3.8) is 0 Å². The number of carbonyl (C=O) groups excluding carboxylic acids is 1. The van der Waals surface area contributed by atoms with E-state index in [2.05, 4.69) is 32.0 Å². The molecule has 2 aliphatic rings. The number of aromatic amines is 1. The number of nitrogens with one attached hydrogen (secondary N) is 1. The van der Waals surface area contributed by atoms with Crippen molar-refractivity contribution in [3.05, 3.63) is 23.8 Å². The number of H-pyrrole nitrogens is 1. The minimum Gasteiger partial charge on any atom is -0.462 e. The zero-order chi connectivity index (χ0) is 16.7. The topological polar surface area (TPSA) is 93.2 Å². The molecule has 3 heterocycles. The predicted molar refractivity (Wildman–Crippen MR) is 86.6 cm³/mol. The normalized spacial score (nSPS) is 25.4. The van der Waals surface area contributed by atoms with Gasteiger partial charge >= 0.3 is 0 Å². The lowest BCUT2D eigenvalue weighted by Gasteiger charge is -2.14. The molecule has 4 rings (SSSR count). The van der Waals surface area contributed by atoms with Gasteiger partial charge in [0.15, 0.2) is 11.5 Å². The number of morpholine rings is 1. The van der Waals surface area contributed by atoms with E-state index in [1.165, 1.54) is 5.56 Å². The third-order valence-electron chi connectivity index (χ3n) is 3.96. The van der Waals surface area contributed by atoms with Gasteiger partial charge in [0.25, 0.3) is 6.47 Å². The summed E-state index contributed by atoms with van der Waals surface area (Å²) in [6.45, 7) is 8.78. The van der Waals surface area contributed by atoms with Crippen molar-refractivity contribution >= 4 is 23.2 Å². The van der Waals surface area contributed by atoms with Crippen molar-refractivity contribution in [3.8, 4) is 0 Å². The lowest BCUT2D eigenvalue weighted by Crippen LogP contribution is -2.17. The van der Waals surface area contributed by atoms with Gasteiger partial charge < -0.3 is 15.2 Å². The van der Waals surface area contributed by atoms with Crippen LogP contribution in [0.25, 0.3) is 10.9 Å². The molecule has 1 aromatic carbocycles. The number of ether oxygens (including phenoxy) is 2. The summed E-state index contributed by atoms with van der Waals surface area (Å²) in [4.78, 5) is 11.9. The summed E-state index contributed by atoms with van der Waals surface area (Å²) in [6, 6.07) is 6.18. The molecule has 1 aromatic heterocycles. The fraction of sp³-hybridized carbons (Fsp3) is 0.500. The Labute approximate surface area is 134 Å². The van der Waals surface area contributed by atoms with E-state index in [9.17, 15) is 4.79 Å². The summed E-state index contributed by atoms with van der Waals surface area (Å²) in [5, 5.41) is 7.91. The summed E-state index contributed by atoms with van der Waals surface area (Å²) in [5.74, 6) is 0.555. The van der Waals surface area contributed by atoms with Gasteiger partial charge in [0.2, 0.25) is 0 Å². The molecule has 0 radical (unpaired) electrons. The van der Waals surface area contributed by atoms with Crippen LogP contribution in [0.5, 0.6) is 0 Å². The number of hydrogen-bond acceptors (Lipinski definition) is 6. The lowest BCUT2D eigenvalue weighted by molar-refractivity contribution is -0.138. The number of carbonyl (C=O) groups is 1. The zero-order valence-electron chi connectivity index (χ0n) is 13.6. The van der Waals surface area contributed by atoms with Crippen LogP contribution < -0.4 is 5.73 Å². The maximum absolute atomic E-state index is 9.60. The van der Waals surface area contributed by atoms with Gasteiger partial charge in [-0.15, -0.1) is 0 Å². The first kappa shape index (κ1) is 15.8. The van der Waals surface area contributed by atoms with E-state index in [1.807, 2.05) is 26.8 Å². The molecule has 0 amide bonds. The van der Waals surface area contributed by atoms with Crippen LogP contribution in [0, 0.1) is 0 Å². The first-order valence-electron chi connectivity index (χ1n) is 7.60. The number of nitrogens with two attached hydrogens (primary N) is 1. The highest BCUT2D eigenvalue weighted by molar-refractivity contribution is 5.89. The standard InChI is InChI=1S/C11H12N4O.C5H10O2/c12-10-8-2-1-7(5-9(8)13-14-10)11-6-15(11)3-4-16-11;1-5(2,3)7-4-6/h1-2,5H,3-4,6H2,(H3,12,13,14);4H,1-3H3. The van der Waals surface area contributed by atoms with Gasteiger partial charge in [0.05, 0.1) is 12.1 Å². The van der Waals surface area contributed by atoms with E-state index in [0.717, 1.165) is 30.6 Å². The second-order valence-corrected chi connectivity index (χ2v) is 6.75. The monoisotopic (exact) mass is 318 g/mol. The van der Waals surface area contributed by atoms with Crippen LogP contribution in [0.15, 0.2) is 18.2 Å². The van der Waals surface area contributed by atoms with Crippen LogP contribution in [-0.2, 0) is 20.0 Å². The highest BCUT2D eigenvalue weighted by atomic mass is 16.5. The average Bonchev–Trinajstić information content (AvgIpc) is 2.86. The zero-order valence-corrected chi connectivity index (χ0v) is 13.6. The van der Waals surface area contributed by atoms with Crippen molar-refractivity contribution in [1.82, 2.24) is 15.1 Å². The van der Waals surface area contributed by atoms with Crippen LogP contribution in [0.3, 0.4) is 0 Å². The molecule has 2 aromatic rings. The minimum absolute atomic E-state index is 0.145. The molecule has 2 saturated heterocycles. The van der Waals surface area contributed by atoms with Crippen LogP contribution in [0.1, 0.15) is 26.3 Å². The summed E-state index contributed by atoms with van der Waals surface area (Å²) in [6.07, 6.45) is 0. The number of benzene rings is 1. The summed E-state index contributed by atoms with van der Waals surface area (Å²) in [5.41, 5.74) is 7.45. The molecule has 7 heteroatoms. The van der Waals surface area contributed by atoms with Crippen LogP contribution in [-0.4, -0.2) is 46.9 Å². The van der Waals surface area contributed by atoms with Crippen LogP contribution in [0.4, 0.5) is 5.82 Å². The number of fused-ring (bicyclic) bond motifs is 2. The van der Waals surface area contributed by atoms with Gasteiger partial charge in [0.1, 0.15) is 5.60 Å². The molecule has 3 N–H and O–H groups in total. The number of anilines is 1. The first-order chi connectivity index (χ1) is 10.9. The predicted octanol–water partition coefficient (Wildman–Crippen LogP) is 1.60. The van der Waals surface area contributed by atoms with Gasteiger partial charge in [0, 0.05) is 24.0 Å². The van der Waals surface area contributed by atoms with Gasteiger partial charge in [-0.2, -0.15) is 5.10 Å². The number of rotatable bonds is 2. The molecule has 0 bridgehead atoms. The Bertz CT molecular complexity index is 722. The largest absolute Gasteiger partial charge is 0.462 e. The van der Waals surface area contributed by atoms with Crippen molar-refractivity contribution < 1.29 is 14.3 Å². The smallest absolute Gasteiger partial charge is 0.293 e. The number of hydrogen-bond donors (Lipinski definition) is 2. The van der Waals surface area contributed by atoms with E-state index in [-0.39, 0.29) is 11.3 Å². The Kier molecular flexibility index (Phi) is 3.77. The van der Waals surface area contributed by atoms with E-state index >= 15 is 0 Å². The number of nitrogen functional groups attached to an aromatic ring is 1. The van der Waals surface area contributed by atoms with E-state index in [0.29, 0.717) is 12.3 Å². The third kappa shape index (κ3) is 3.02. The molecule has 2 unspecified atom stereocenters. The summed E-state index contributed by atoms with van der Waals surface area (Å²) >= 11 is 0. The lowest BCUT2D eigenvalue weighted by atomic mass is 10.1. The summed E-state index contributed by atoms with van der Waals surface area (Å²) < 4.78 is 10.4. The van der Waals surface area contributed by atoms with Gasteiger partial charge in [-0.25, -0.2) is 0 Å².